The summed E-state index contributed by atoms with van der Waals surface area (Å²) in [7, 11) is 3.69. The van der Waals surface area contributed by atoms with Gasteiger partial charge in [0.1, 0.15) is 5.82 Å². The topological polar surface area (TPSA) is 32.7 Å². The van der Waals surface area contributed by atoms with Gasteiger partial charge in [0, 0.05) is 47.6 Å². The van der Waals surface area contributed by atoms with Gasteiger partial charge in [-0.2, -0.15) is 0 Å². The number of hydrogen-bond donors (Lipinski definition) is 0. The Kier molecular flexibility index (Phi) is 4.49. The van der Waals surface area contributed by atoms with Gasteiger partial charge in [-0.3, -0.25) is 9.79 Å². The van der Waals surface area contributed by atoms with Crippen LogP contribution in [0.25, 0.3) is 0 Å². The third kappa shape index (κ3) is 3.10. The smallest absolute Gasteiger partial charge is 0.193 e. The van der Waals surface area contributed by atoms with Crippen molar-refractivity contribution in [2.75, 3.05) is 20.6 Å². The van der Waals surface area contributed by atoms with Crippen LogP contribution in [-0.4, -0.2) is 37.0 Å². The SMILES string of the molecule is CN(C)/C=C1/CN=C(c2ccccc2F)c2cc(Cl)ccc2C1=O. The maximum absolute atomic E-state index is 14.3. The zero-order valence-electron chi connectivity index (χ0n) is 13.4. The number of fused-ring (bicyclic) bond motifs is 1. The highest BCUT2D eigenvalue weighted by Gasteiger charge is 2.25. The van der Waals surface area contributed by atoms with Crippen molar-refractivity contribution < 1.29 is 9.18 Å². The zero-order chi connectivity index (χ0) is 17.3. The summed E-state index contributed by atoms with van der Waals surface area (Å²) in [6, 6.07) is 11.4. The van der Waals surface area contributed by atoms with Gasteiger partial charge < -0.3 is 4.90 Å². The quantitative estimate of drug-likeness (QED) is 0.774. The first-order chi connectivity index (χ1) is 11.5. The van der Waals surface area contributed by atoms with Gasteiger partial charge in [-0.15, -0.1) is 0 Å². The third-order valence-corrected chi connectivity index (χ3v) is 3.96. The molecule has 2 aromatic carbocycles. The molecular weight excluding hydrogens is 327 g/mol. The van der Waals surface area contributed by atoms with E-state index in [1.807, 2.05) is 14.1 Å². The van der Waals surface area contributed by atoms with Crippen LogP contribution in [0, 0.1) is 5.82 Å². The minimum atomic E-state index is -0.380. The summed E-state index contributed by atoms with van der Waals surface area (Å²) in [5.41, 5.74) is 2.39. The maximum Gasteiger partial charge on any atom is 0.193 e. The van der Waals surface area contributed by atoms with Crippen molar-refractivity contribution in [1.29, 1.82) is 0 Å². The molecule has 3 rings (SSSR count). The standard InChI is InChI=1S/C19H16ClFN2O/c1-23(2)11-12-10-22-18(15-5-3-4-6-17(15)21)16-9-13(20)7-8-14(16)19(12)24/h3-9,11H,10H2,1-2H3/b12-11-. The molecule has 0 unspecified atom stereocenters. The van der Waals surface area contributed by atoms with Crippen LogP contribution in [0.1, 0.15) is 21.5 Å². The average Bonchev–Trinajstić information content (AvgIpc) is 2.66. The Labute approximate surface area is 145 Å². The number of benzene rings is 2. The molecule has 0 bridgehead atoms. The molecule has 0 N–H and O–H groups in total. The van der Waals surface area contributed by atoms with E-state index in [9.17, 15) is 9.18 Å². The van der Waals surface area contributed by atoms with E-state index in [-0.39, 0.29) is 18.1 Å². The fourth-order valence-electron chi connectivity index (χ4n) is 2.70. The number of rotatable bonds is 2. The van der Waals surface area contributed by atoms with Gasteiger partial charge in [-0.25, -0.2) is 4.39 Å². The number of carbonyl (C=O) groups excluding carboxylic acids is 1. The van der Waals surface area contributed by atoms with Crippen molar-refractivity contribution in [2.45, 2.75) is 0 Å². The van der Waals surface area contributed by atoms with E-state index < -0.39 is 0 Å². The molecule has 2 aromatic rings. The second kappa shape index (κ2) is 6.57. The molecule has 1 aliphatic rings. The molecule has 1 heterocycles. The van der Waals surface area contributed by atoms with Crippen molar-refractivity contribution in [3.05, 3.63) is 81.8 Å². The molecule has 0 atom stereocenters. The first-order valence-corrected chi connectivity index (χ1v) is 7.86. The van der Waals surface area contributed by atoms with Crippen molar-refractivity contribution in [3.8, 4) is 0 Å². The summed E-state index contributed by atoms with van der Waals surface area (Å²) in [6.07, 6.45) is 1.74. The number of nitrogens with zero attached hydrogens (tertiary/aromatic N) is 2. The molecule has 0 aromatic heterocycles. The Morgan fingerprint density at radius 2 is 1.88 bits per heavy atom. The lowest BCUT2D eigenvalue weighted by Crippen LogP contribution is -2.12. The largest absolute Gasteiger partial charge is 0.383 e. The van der Waals surface area contributed by atoms with Crippen LogP contribution in [0.3, 0.4) is 0 Å². The molecule has 0 saturated heterocycles. The molecule has 0 spiro atoms. The molecule has 24 heavy (non-hydrogen) atoms. The molecule has 0 fully saturated rings. The predicted octanol–water partition coefficient (Wildman–Crippen LogP) is 3.96. The van der Waals surface area contributed by atoms with Crippen molar-refractivity contribution in [2.24, 2.45) is 4.99 Å². The van der Waals surface area contributed by atoms with Crippen LogP contribution in [0.2, 0.25) is 5.02 Å². The predicted molar refractivity (Wildman–Crippen MR) is 94.5 cm³/mol. The van der Waals surface area contributed by atoms with Crippen LogP contribution in [0.5, 0.6) is 0 Å². The molecule has 0 radical (unpaired) electrons. The van der Waals surface area contributed by atoms with E-state index in [0.29, 0.717) is 33.0 Å². The summed E-state index contributed by atoms with van der Waals surface area (Å²) in [5, 5.41) is 0.477. The summed E-state index contributed by atoms with van der Waals surface area (Å²) in [4.78, 5) is 19.2. The van der Waals surface area contributed by atoms with E-state index >= 15 is 0 Å². The van der Waals surface area contributed by atoms with Gasteiger partial charge in [-0.05, 0) is 30.3 Å². The first-order valence-electron chi connectivity index (χ1n) is 7.48. The number of aliphatic imine (C=N–C) groups is 1. The molecule has 0 saturated carbocycles. The Bertz CT molecular complexity index is 871. The van der Waals surface area contributed by atoms with Gasteiger partial charge in [0.2, 0.25) is 0 Å². The lowest BCUT2D eigenvalue weighted by Gasteiger charge is -2.11. The molecule has 3 nitrogen and oxygen atoms in total. The highest BCUT2D eigenvalue weighted by Crippen LogP contribution is 2.26. The number of Topliss-reactive ketones (excluding diaryl/α,β-unsaturated/α-hetero) is 1. The molecule has 0 aliphatic carbocycles. The Hall–Kier alpha value is -2.46. The zero-order valence-corrected chi connectivity index (χ0v) is 14.1. The normalized spacial score (nSPS) is 15.8. The van der Waals surface area contributed by atoms with Gasteiger partial charge in [0.25, 0.3) is 0 Å². The van der Waals surface area contributed by atoms with Crippen LogP contribution in [-0.2, 0) is 0 Å². The molecule has 0 amide bonds. The average molecular weight is 343 g/mol. The molecule has 1 aliphatic heterocycles. The number of hydrogen-bond acceptors (Lipinski definition) is 3. The monoisotopic (exact) mass is 342 g/mol. The number of ketones is 1. The maximum atomic E-state index is 14.3. The van der Waals surface area contributed by atoms with Crippen LogP contribution in [0.4, 0.5) is 4.39 Å². The Balaban J connectivity index is 2.25. The third-order valence-electron chi connectivity index (χ3n) is 3.72. The summed E-state index contributed by atoms with van der Waals surface area (Å²) in [6.45, 7) is 0.187. The Morgan fingerprint density at radius 3 is 2.58 bits per heavy atom. The van der Waals surface area contributed by atoms with Gasteiger partial charge >= 0.3 is 0 Å². The summed E-state index contributed by atoms with van der Waals surface area (Å²) < 4.78 is 14.3. The van der Waals surface area contributed by atoms with Crippen LogP contribution in [0.15, 0.2) is 59.2 Å². The molecular formula is C19H16ClFN2O. The lowest BCUT2D eigenvalue weighted by atomic mass is 9.94. The van der Waals surface area contributed by atoms with Crippen LogP contribution < -0.4 is 0 Å². The minimum absolute atomic E-state index is 0.120. The summed E-state index contributed by atoms with van der Waals surface area (Å²) >= 11 is 6.11. The molecule has 5 heteroatoms. The van der Waals surface area contributed by atoms with E-state index in [1.165, 1.54) is 6.07 Å². The van der Waals surface area contributed by atoms with E-state index in [2.05, 4.69) is 4.99 Å². The Morgan fingerprint density at radius 1 is 1.12 bits per heavy atom. The van der Waals surface area contributed by atoms with E-state index in [4.69, 9.17) is 11.6 Å². The first kappa shape index (κ1) is 16.4. The van der Waals surface area contributed by atoms with Crippen molar-refractivity contribution >= 4 is 23.1 Å². The van der Waals surface area contributed by atoms with Crippen molar-refractivity contribution in [1.82, 2.24) is 4.90 Å². The van der Waals surface area contributed by atoms with Crippen molar-refractivity contribution in [3.63, 3.8) is 0 Å². The summed E-state index contributed by atoms with van der Waals surface area (Å²) in [5.74, 6) is -0.500. The van der Waals surface area contributed by atoms with Gasteiger partial charge in [0.05, 0.1) is 12.3 Å². The molecule has 122 valence electrons. The van der Waals surface area contributed by atoms with Gasteiger partial charge in [-0.1, -0.05) is 23.7 Å². The second-order valence-corrected chi connectivity index (χ2v) is 6.22. The fraction of sp³-hybridized carbons (Fsp3) is 0.158. The fourth-order valence-corrected chi connectivity index (χ4v) is 2.87. The highest BCUT2D eigenvalue weighted by atomic mass is 35.5. The van der Waals surface area contributed by atoms with Gasteiger partial charge in [0.15, 0.2) is 5.78 Å². The lowest BCUT2D eigenvalue weighted by molar-refractivity contribution is 0.103. The number of carbonyl (C=O) groups is 1. The number of halogens is 2. The van der Waals surface area contributed by atoms with E-state index in [1.54, 1.807) is 47.5 Å². The highest BCUT2D eigenvalue weighted by molar-refractivity contribution is 6.32. The minimum Gasteiger partial charge on any atom is -0.383 e. The van der Waals surface area contributed by atoms with Crippen LogP contribution >= 0.6 is 11.6 Å². The second-order valence-electron chi connectivity index (χ2n) is 5.78. The van der Waals surface area contributed by atoms with E-state index in [0.717, 1.165) is 0 Å².